The van der Waals surface area contributed by atoms with Crippen LogP contribution < -0.4 is 15.4 Å². The number of hydrogen-bond donors (Lipinski definition) is 2. The summed E-state index contributed by atoms with van der Waals surface area (Å²) in [4.78, 5) is 13.2. The summed E-state index contributed by atoms with van der Waals surface area (Å²) < 4.78 is 20.0. The highest BCUT2D eigenvalue weighted by atomic mass is 19.1. The number of benzene rings is 1. The van der Waals surface area contributed by atoms with E-state index < -0.39 is 0 Å². The number of aromatic nitrogens is 2. The van der Waals surface area contributed by atoms with Crippen molar-refractivity contribution in [2.75, 3.05) is 43.4 Å². The van der Waals surface area contributed by atoms with Crippen LogP contribution in [0.1, 0.15) is 36.9 Å². The minimum atomic E-state index is -0.373. The Balaban J connectivity index is 1.39. The number of anilines is 2. The molecule has 2 aromatic rings. The van der Waals surface area contributed by atoms with Crippen LogP contribution in [0.2, 0.25) is 0 Å². The molecule has 1 saturated heterocycles. The Morgan fingerprint density at radius 3 is 2.79 bits per heavy atom. The zero-order valence-corrected chi connectivity index (χ0v) is 16.6. The van der Waals surface area contributed by atoms with E-state index in [1.165, 1.54) is 50.6 Å². The summed E-state index contributed by atoms with van der Waals surface area (Å²) in [5, 5.41) is 9.70. The predicted molar refractivity (Wildman–Crippen MR) is 110 cm³/mol. The largest absolute Gasteiger partial charge is 0.508 e. The molecule has 0 bridgehead atoms. The lowest BCUT2D eigenvalue weighted by Crippen LogP contribution is -2.33. The fraction of sp³-hybridized carbons (Fsp3) is 0.524. The first-order valence-corrected chi connectivity index (χ1v) is 10.3. The lowest BCUT2D eigenvalue weighted by Gasteiger charge is -2.30. The number of nitrogens with zero attached hydrogens (tertiary/aromatic N) is 4. The maximum absolute atomic E-state index is 14.2. The molecule has 0 unspecified atom stereocenters. The number of nitrogens with two attached hydrogens (primary N) is 1. The van der Waals surface area contributed by atoms with Crippen molar-refractivity contribution in [3.05, 3.63) is 35.3 Å². The van der Waals surface area contributed by atoms with Crippen LogP contribution in [0.25, 0.3) is 0 Å². The highest BCUT2D eigenvalue weighted by Gasteiger charge is 2.24. The molecule has 7 nitrogen and oxygen atoms in total. The molecule has 0 radical (unpaired) electrons. The maximum Gasteiger partial charge on any atom is 0.318 e. The van der Waals surface area contributed by atoms with E-state index in [0.717, 1.165) is 24.2 Å². The molecule has 0 atom stereocenters. The average Bonchev–Trinajstić information content (AvgIpc) is 2.73. The smallest absolute Gasteiger partial charge is 0.318 e. The molecule has 29 heavy (non-hydrogen) atoms. The number of phenols is 1. The molecule has 3 heterocycles. The lowest BCUT2D eigenvalue weighted by atomic mass is 10.0. The van der Waals surface area contributed by atoms with Crippen molar-refractivity contribution >= 4 is 11.5 Å². The minimum Gasteiger partial charge on any atom is -0.508 e. The number of piperidine rings is 1. The molecule has 0 aliphatic carbocycles. The van der Waals surface area contributed by atoms with Crippen LogP contribution in [0.5, 0.6) is 11.8 Å². The van der Waals surface area contributed by atoms with Gasteiger partial charge in [0.1, 0.15) is 17.4 Å². The Morgan fingerprint density at radius 2 is 1.97 bits per heavy atom. The van der Waals surface area contributed by atoms with Gasteiger partial charge in [-0.25, -0.2) is 4.39 Å². The van der Waals surface area contributed by atoms with E-state index >= 15 is 0 Å². The standard InChI is InChI=1S/C21H28FN5O2/c22-17-6-5-15(28)13-19(17)27-11-7-16-18(14-27)24-21(25-20(16)23)29-12-4-10-26-8-2-1-3-9-26/h5-6,13,28H,1-4,7-12,14H2,(H2,23,24,25). The van der Waals surface area contributed by atoms with Gasteiger partial charge in [-0.1, -0.05) is 6.42 Å². The molecule has 1 aromatic heterocycles. The van der Waals surface area contributed by atoms with Gasteiger partial charge in [0, 0.05) is 24.7 Å². The topological polar surface area (TPSA) is 87.7 Å². The second-order valence-electron chi connectivity index (χ2n) is 7.73. The molecule has 0 spiro atoms. The van der Waals surface area contributed by atoms with Gasteiger partial charge < -0.3 is 25.4 Å². The summed E-state index contributed by atoms with van der Waals surface area (Å²) in [6.07, 6.45) is 5.43. The van der Waals surface area contributed by atoms with E-state index in [0.29, 0.717) is 37.6 Å². The number of likely N-dealkylation sites (tertiary alicyclic amines) is 1. The molecule has 2 aliphatic rings. The first-order valence-electron chi connectivity index (χ1n) is 10.3. The second kappa shape index (κ2) is 8.82. The first kappa shape index (κ1) is 19.7. The zero-order chi connectivity index (χ0) is 20.2. The van der Waals surface area contributed by atoms with Gasteiger partial charge >= 0.3 is 6.01 Å². The number of hydrogen-bond acceptors (Lipinski definition) is 7. The van der Waals surface area contributed by atoms with Crippen LogP contribution in [0.15, 0.2) is 18.2 Å². The SMILES string of the molecule is Nc1nc(OCCCN2CCCCC2)nc2c1CCN(c1cc(O)ccc1F)C2. The molecule has 0 saturated carbocycles. The van der Waals surface area contributed by atoms with E-state index in [2.05, 4.69) is 14.9 Å². The maximum atomic E-state index is 14.2. The van der Waals surface area contributed by atoms with Crippen molar-refractivity contribution in [1.29, 1.82) is 0 Å². The number of aromatic hydroxyl groups is 1. The summed E-state index contributed by atoms with van der Waals surface area (Å²) >= 11 is 0. The van der Waals surface area contributed by atoms with Gasteiger partial charge in [0.25, 0.3) is 0 Å². The van der Waals surface area contributed by atoms with Crippen LogP contribution in [0.3, 0.4) is 0 Å². The Labute approximate surface area is 170 Å². The quantitative estimate of drug-likeness (QED) is 0.720. The third kappa shape index (κ3) is 4.70. The molecular formula is C21H28FN5O2. The summed E-state index contributed by atoms with van der Waals surface area (Å²) in [6, 6.07) is 4.32. The van der Waals surface area contributed by atoms with E-state index in [4.69, 9.17) is 10.5 Å². The molecule has 1 aromatic carbocycles. The van der Waals surface area contributed by atoms with E-state index in [-0.39, 0.29) is 17.6 Å². The Hall–Kier alpha value is -2.61. The van der Waals surface area contributed by atoms with E-state index in [1.54, 1.807) is 0 Å². The number of rotatable bonds is 6. The number of fused-ring (bicyclic) bond motifs is 1. The third-order valence-corrected chi connectivity index (χ3v) is 5.65. The molecule has 1 fully saturated rings. The first-order chi connectivity index (χ1) is 14.1. The summed E-state index contributed by atoms with van der Waals surface area (Å²) in [5.41, 5.74) is 8.13. The molecule has 4 rings (SSSR count). The van der Waals surface area contributed by atoms with Gasteiger partial charge in [-0.2, -0.15) is 9.97 Å². The normalized spacial score (nSPS) is 17.2. The summed E-state index contributed by atoms with van der Waals surface area (Å²) in [7, 11) is 0. The Kier molecular flexibility index (Phi) is 5.99. The van der Waals surface area contributed by atoms with Crippen molar-refractivity contribution in [2.24, 2.45) is 0 Å². The van der Waals surface area contributed by atoms with Crippen molar-refractivity contribution in [3.8, 4) is 11.8 Å². The van der Waals surface area contributed by atoms with Crippen LogP contribution in [-0.2, 0) is 13.0 Å². The minimum absolute atomic E-state index is 0.0344. The molecule has 156 valence electrons. The van der Waals surface area contributed by atoms with Crippen LogP contribution >= 0.6 is 0 Å². The van der Waals surface area contributed by atoms with Gasteiger partial charge in [0.15, 0.2) is 0 Å². The van der Waals surface area contributed by atoms with Crippen LogP contribution in [0, 0.1) is 5.82 Å². The monoisotopic (exact) mass is 401 g/mol. The van der Waals surface area contributed by atoms with Gasteiger partial charge in [-0.15, -0.1) is 0 Å². The summed E-state index contributed by atoms with van der Waals surface area (Å²) in [5.74, 6) is 0.0895. The molecule has 2 aliphatic heterocycles. The Morgan fingerprint density at radius 1 is 1.14 bits per heavy atom. The molecule has 0 amide bonds. The van der Waals surface area contributed by atoms with Gasteiger partial charge in [0.05, 0.1) is 24.5 Å². The second-order valence-corrected chi connectivity index (χ2v) is 7.73. The van der Waals surface area contributed by atoms with Gasteiger partial charge in [-0.3, -0.25) is 0 Å². The predicted octanol–water partition coefficient (Wildman–Crippen LogP) is 2.72. The number of ether oxygens (including phenoxy) is 1. The van der Waals surface area contributed by atoms with Crippen molar-refractivity contribution < 1.29 is 14.2 Å². The molecular weight excluding hydrogens is 373 g/mol. The van der Waals surface area contributed by atoms with Crippen molar-refractivity contribution in [1.82, 2.24) is 14.9 Å². The van der Waals surface area contributed by atoms with Crippen LogP contribution in [0.4, 0.5) is 15.9 Å². The fourth-order valence-corrected chi connectivity index (χ4v) is 4.08. The van der Waals surface area contributed by atoms with Crippen molar-refractivity contribution in [3.63, 3.8) is 0 Å². The van der Waals surface area contributed by atoms with Gasteiger partial charge in [-0.05, 0) is 50.9 Å². The third-order valence-electron chi connectivity index (χ3n) is 5.65. The van der Waals surface area contributed by atoms with Crippen molar-refractivity contribution in [2.45, 2.75) is 38.6 Å². The number of phenolic OH excluding ortho intramolecular Hbond substituents is 1. The zero-order valence-electron chi connectivity index (χ0n) is 16.6. The summed E-state index contributed by atoms with van der Waals surface area (Å²) in [6.45, 7) is 4.88. The molecule has 3 N–H and O–H groups in total. The van der Waals surface area contributed by atoms with Gasteiger partial charge in [0.2, 0.25) is 0 Å². The lowest BCUT2D eigenvalue weighted by molar-refractivity contribution is 0.200. The average molecular weight is 401 g/mol. The molecule has 8 heteroatoms. The van der Waals surface area contributed by atoms with Crippen LogP contribution in [-0.4, -0.2) is 52.8 Å². The fourth-order valence-electron chi connectivity index (χ4n) is 4.08. The van der Waals surface area contributed by atoms with E-state index in [1.807, 2.05) is 4.90 Å². The van der Waals surface area contributed by atoms with E-state index in [9.17, 15) is 9.50 Å². The highest BCUT2D eigenvalue weighted by Crippen LogP contribution is 2.30. The Bertz CT molecular complexity index is 857. The highest BCUT2D eigenvalue weighted by molar-refractivity contribution is 5.55. The number of nitrogen functional groups attached to an aromatic ring is 1. The number of halogens is 1.